The molecule has 1 N–H and O–H groups in total. The van der Waals surface area contributed by atoms with E-state index in [-0.39, 0.29) is 6.04 Å². The van der Waals surface area contributed by atoms with Crippen LogP contribution >= 0.6 is 0 Å². The first kappa shape index (κ1) is 13.9. The van der Waals surface area contributed by atoms with Crippen LogP contribution in [0, 0.1) is 6.92 Å². The van der Waals surface area contributed by atoms with Gasteiger partial charge in [-0.25, -0.2) is 0 Å². The molecule has 0 amide bonds. The molecule has 1 aromatic carbocycles. The fraction of sp³-hybridized carbons (Fsp3) is 0.500. The van der Waals surface area contributed by atoms with Gasteiger partial charge in [-0.1, -0.05) is 19.1 Å². The highest BCUT2D eigenvalue weighted by Gasteiger charge is 2.17. The Morgan fingerprint density at radius 2 is 2.32 bits per heavy atom. The lowest BCUT2D eigenvalue weighted by Crippen LogP contribution is -2.32. The second kappa shape index (κ2) is 7.19. The van der Waals surface area contributed by atoms with E-state index in [1.165, 1.54) is 5.56 Å². The third kappa shape index (κ3) is 4.28. The normalized spacial score (nSPS) is 15.8. The molecule has 0 saturated carbocycles. The Hall–Kier alpha value is -1.48. The van der Waals surface area contributed by atoms with Gasteiger partial charge in [0.2, 0.25) is 0 Å². The van der Waals surface area contributed by atoms with Gasteiger partial charge >= 0.3 is 0 Å². The van der Waals surface area contributed by atoms with Crippen molar-refractivity contribution in [2.45, 2.75) is 32.7 Å². The van der Waals surface area contributed by atoms with Gasteiger partial charge < -0.3 is 14.8 Å². The first-order valence-corrected chi connectivity index (χ1v) is 7.05. The van der Waals surface area contributed by atoms with Crippen LogP contribution in [0.4, 0.5) is 0 Å². The van der Waals surface area contributed by atoms with Crippen molar-refractivity contribution >= 4 is 0 Å². The minimum atomic E-state index is 0.275. The smallest absolute Gasteiger partial charge is 0.119 e. The lowest BCUT2D eigenvalue weighted by atomic mass is 10.1. The second-order valence-corrected chi connectivity index (χ2v) is 4.81. The van der Waals surface area contributed by atoms with E-state index in [0.717, 1.165) is 37.5 Å². The molecular formula is C16H23NO2. The van der Waals surface area contributed by atoms with Crippen LogP contribution in [0.3, 0.4) is 0 Å². The molecule has 104 valence electrons. The zero-order valence-electron chi connectivity index (χ0n) is 11.8. The van der Waals surface area contributed by atoms with Gasteiger partial charge in [0.05, 0.1) is 19.3 Å². The Balaban J connectivity index is 1.82. The summed E-state index contributed by atoms with van der Waals surface area (Å²) in [6.07, 6.45) is 4.13. The number of aryl methyl sites for hydroxylation is 1. The predicted molar refractivity (Wildman–Crippen MR) is 77.4 cm³/mol. The summed E-state index contributed by atoms with van der Waals surface area (Å²) in [5.74, 6) is 2.02. The second-order valence-electron chi connectivity index (χ2n) is 4.81. The summed E-state index contributed by atoms with van der Waals surface area (Å²) in [5, 5.41) is 3.45. The van der Waals surface area contributed by atoms with Crippen LogP contribution in [0.1, 0.15) is 25.3 Å². The SMILES string of the molecule is CCNC(CCOc1cccc(C)c1)C1=CCCO1. The highest BCUT2D eigenvalue weighted by atomic mass is 16.5. The number of benzene rings is 1. The molecule has 2 rings (SSSR count). The van der Waals surface area contributed by atoms with Crippen LogP contribution in [-0.2, 0) is 4.74 Å². The highest BCUT2D eigenvalue weighted by molar-refractivity contribution is 5.27. The fourth-order valence-electron chi connectivity index (χ4n) is 2.27. The van der Waals surface area contributed by atoms with Crippen LogP contribution in [0.25, 0.3) is 0 Å². The average Bonchev–Trinajstić information content (AvgIpc) is 2.91. The molecule has 0 radical (unpaired) electrons. The number of nitrogens with one attached hydrogen (secondary N) is 1. The topological polar surface area (TPSA) is 30.5 Å². The fourth-order valence-corrected chi connectivity index (χ4v) is 2.27. The Bertz CT molecular complexity index is 429. The van der Waals surface area contributed by atoms with Gasteiger partial charge in [-0.2, -0.15) is 0 Å². The third-order valence-corrected chi connectivity index (χ3v) is 3.19. The molecule has 0 fully saturated rings. The summed E-state index contributed by atoms with van der Waals surface area (Å²) in [4.78, 5) is 0. The van der Waals surface area contributed by atoms with E-state index >= 15 is 0 Å². The van der Waals surface area contributed by atoms with Crippen molar-refractivity contribution in [2.24, 2.45) is 0 Å². The molecule has 19 heavy (non-hydrogen) atoms. The van der Waals surface area contributed by atoms with E-state index in [2.05, 4.69) is 37.4 Å². The number of hydrogen-bond acceptors (Lipinski definition) is 3. The van der Waals surface area contributed by atoms with Crippen molar-refractivity contribution in [2.75, 3.05) is 19.8 Å². The third-order valence-electron chi connectivity index (χ3n) is 3.19. The summed E-state index contributed by atoms with van der Waals surface area (Å²) >= 11 is 0. The maximum atomic E-state index is 5.80. The zero-order valence-corrected chi connectivity index (χ0v) is 11.8. The molecule has 3 heteroatoms. The van der Waals surface area contributed by atoms with Gasteiger partial charge in [0.1, 0.15) is 11.5 Å². The molecule has 1 aliphatic heterocycles. The van der Waals surface area contributed by atoms with Crippen LogP contribution in [0.2, 0.25) is 0 Å². The molecule has 1 atom stereocenters. The number of hydrogen-bond donors (Lipinski definition) is 1. The summed E-state index contributed by atoms with van der Waals surface area (Å²) in [6.45, 7) is 6.64. The molecule has 1 heterocycles. The van der Waals surface area contributed by atoms with Crippen molar-refractivity contribution in [1.29, 1.82) is 0 Å². The zero-order chi connectivity index (χ0) is 13.5. The first-order chi connectivity index (χ1) is 9.29. The average molecular weight is 261 g/mol. The van der Waals surface area contributed by atoms with E-state index in [4.69, 9.17) is 9.47 Å². The monoisotopic (exact) mass is 261 g/mol. The van der Waals surface area contributed by atoms with Crippen LogP contribution in [-0.4, -0.2) is 25.8 Å². The maximum Gasteiger partial charge on any atom is 0.119 e. The molecule has 1 unspecified atom stereocenters. The van der Waals surface area contributed by atoms with Crippen molar-refractivity contribution < 1.29 is 9.47 Å². The molecule has 3 nitrogen and oxygen atoms in total. The molecule has 1 aliphatic rings. The van der Waals surface area contributed by atoms with Crippen molar-refractivity contribution in [3.8, 4) is 5.75 Å². The predicted octanol–water partition coefficient (Wildman–Crippen LogP) is 3.05. The van der Waals surface area contributed by atoms with Gasteiger partial charge in [-0.3, -0.25) is 0 Å². The summed E-state index contributed by atoms with van der Waals surface area (Å²) in [5.41, 5.74) is 1.22. The lowest BCUT2D eigenvalue weighted by molar-refractivity contribution is 0.200. The van der Waals surface area contributed by atoms with Gasteiger partial charge in [-0.05, 0) is 37.2 Å². The van der Waals surface area contributed by atoms with E-state index in [1.807, 2.05) is 12.1 Å². The quantitative estimate of drug-likeness (QED) is 0.818. The van der Waals surface area contributed by atoms with E-state index in [1.54, 1.807) is 0 Å². The number of likely N-dealkylation sites (N-methyl/N-ethyl adjacent to an activating group) is 1. The van der Waals surface area contributed by atoms with Crippen LogP contribution in [0.5, 0.6) is 5.75 Å². The molecule has 0 bridgehead atoms. The Morgan fingerprint density at radius 1 is 1.42 bits per heavy atom. The Kier molecular flexibility index (Phi) is 5.28. The van der Waals surface area contributed by atoms with Crippen LogP contribution in [0.15, 0.2) is 36.1 Å². The lowest BCUT2D eigenvalue weighted by Gasteiger charge is -2.19. The maximum absolute atomic E-state index is 5.80. The van der Waals surface area contributed by atoms with Gasteiger partial charge in [0.25, 0.3) is 0 Å². The molecule has 0 aliphatic carbocycles. The van der Waals surface area contributed by atoms with Gasteiger partial charge in [0.15, 0.2) is 0 Å². The summed E-state index contributed by atoms with van der Waals surface area (Å²) in [6, 6.07) is 8.44. The van der Waals surface area contributed by atoms with E-state index in [0.29, 0.717) is 6.61 Å². The number of rotatable bonds is 7. The van der Waals surface area contributed by atoms with E-state index in [9.17, 15) is 0 Å². The van der Waals surface area contributed by atoms with Crippen molar-refractivity contribution in [1.82, 2.24) is 5.32 Å². The number of ether oxygens (including phenoxy) is 2. The van der Waals surface area contributed by atoms with E-state index < -0.39 is 0 Å². The Labute approximate surface area is 115 Å². The van der Waals surface area contributed by atoms with Gasteiger partial charge in [0, 0.05) is 12.8 Å². The first-order valence-electron chi connectivity index (χ1n) is 7.05. The standard InChI is InChI=1S/C16H23NO2/c1-3-17-15(16-8-5-10-19-16)9-11-18-14-7-4-6-13(2)12-14/h4,6-8,12,15,17H,3,5,9-11H2,1-2H3. The summed E-state index contributed by atoms with van der Waals surface area (Å²) < 4.78 is 11.4. The Morgan fingerprint density at radius 3 is 3.00 bits per heavy atom. The summed E-state index contributed by atoms with van der Waals surface area (Å²) in [7, 11) is 0. The van der Waals surface area contributed by atoms with Gasteiger partial charge in [-0.15, -0.1) is 0 Å². The molecule has 0 aromatic heterocycles. The molecule has 0 spiro atoms. The molecule has 1 aromatic rings. The molecule has 0 saturated heterocycles. The largest absolute Gasteiger partial charge is 0.496 e. The minimum absolute atomic E-state index is 0.275. The highest BCUT2D eigenvalue weighted by Crippen LogP contribution is 2.17. The van der Waals surface area contributed by atoms with Crippen molar-refractivity contribution in [3.63, 3.8) is 0 Å². The van der Waals surface area contributed by atoms with Crippen LogP contribution < -0.4 is 10.1 Å². The molecular weight excluding hydrogens is 238 g/mol. The van der Waals surface area contributed by atoms with Crippen molar-refractivity contribution in [3.05, 3.63) is 41.7 Å². The minimum Gasteiger partial charge on any atom is -0.496 e.